The van der Waals surface area contributed by atoms with Crippen molar-refractivity contribution in [3.05, 3.63) is 57.3 Å². The number of aromatic amines is 1. The SMILES string of the molecule is O=C(O)c1c(-c2ccc(F)cc2)c2c([nH]c1=O)CCC2. The predicted octanol–water partition coefficient (Wildman–Crippen LogP) is 2.37. The van der Waals surface area contributed by atoms with E-state index in [2.05, 4.69) is 4.98 Å². The summed E-state index contributed by atoms with van der Waals surface area (Å²) in [4.78, 5) is 26.0. The third-order valence-electron chi connectivity index (χ3n) is 3.61. The second kappa shape index (κ2) is 4.59. The molecule has 0 radical (unpaired) electrons. The van der Waals surface area contributed by atoms with Crippen molar-refractivity contribution in [2.24, 2.45) is 0 Å². The Morgan fingerprint density at radius 3 is 2.55 bits per heavy atom. The molecule has 0 fully saturated rings. The highest BCUT2D eigenvalue weighted by Crippen LogP contribution is 2.32. The van der Waals surface area contributed by atoms with Gasteiger partial charge in [-0.2, -0.15) is 0 Å². The van der Waals surface area contributed by atoms with Crippen LogP contribution in [-0.2, 0) is 12.8 Å². The summed E-state index contributed by atoms with van der Waals surface area (Å²) in [5, 5.41) is 9.30. The number of hydrogen-bond donors (Lipinski definition) is 2. The molecule has 0 spiro atoms. The number of halogens is 1. The third kappa shape index (κ3) is 1.91. The number of carboxylic acid groups (broad SMARTS) is 1. The molecular weight excluding hydrogens is 261 g/mol. The molecule has 1 aromatic heterocycles. The minimum atomic E-state index is -1.26. The van der Waals surface area contributed by atoms with Crippen molar-refractivity contribution in [2.75, 3.05) is 0 Å². The molecule has 3 rings (SSSR count). The smallest absolute Gasteiger partial charge is 0.341 e. The molecule has 1 aliphatic carbocycles. The molecule has 1 aliphatic rings. The number of aromatic carboxylic acids is 1. The van der Waals surface area contributed by atoms with Gasteiger partial charge in [0.2, 0.25) is 0 Å². The number of rotatable bonds is 2. The zero-order valence-electron chi connectivity index (χ0n) is 10.6. The summed E-state index contributed by atoms with van der Waals surface area (Å²) in [6.07, 6.45) is 2.33. The Hall–Kier alpha value is -2.43. The Balaban J connectivity index is 2.35. The molecule has 0 bridgehead atoms. The Morgan fingerprint density at radius 2 is 1.90 bits per heavy atom. The molecule has 0 atom stereocenters. The van der Waals surface area contributed by atoms with Crippen molar-refractivity contribution in [1.82, 2.24) is 4.98 Å². The molecule has 102 valence electrons. The Morgan fingerprint density at radius 1 is 1.20 bits per heavy atom. The Kier molecular flexibility index (Phi) is 2.89. The summed E-state index contributed by atoms with van der Waals surface area (Å²) < 4.78 is 13.0. The van der Waals surface area contributed by atoms with Gasteiger partial charge < -0.3 is 10.1 Å². The zero-order valence-corrected chi connectivity index (χ0v) is 10.6. The van der Waals surface area contributed by atoms with E-state index >= 15 is 0 Å². The average Bonchev–Trinajstić information content (AvgIpc) is 2.85. The summed E-state index contributed by atoms with van der Waals surface area (Å²) in [5.74, 6) is -1.66. The topological polar surface area (TPSA) is 70.2 Å². The molecule has 2 N–H and O–H groups in total. The Bertz CT molecular complexity index is 747. The maximum Gasteiger partial charge on any atom is 0.341 e. The maximum absolute atomic E-state index is 13.0. The first-order chi connectivity index (χ1) is 9.58. The summed E-state index contributed by atoms with van der Waals surface area (Å²) in [6, 6.07) is 5.55. The van der Waals surface area contributed by atoms with Gasteiger partial charge in [-0.25, -0.2) is 9.18 Å². The van der Waals surface area contributed by atoms with Crippen molar-refractivity contribution >= 4 is 5.97 Å². The van der Waals surface area contributed by atoms with Crippen LogP contribution in [0.1, 0.15) is 28.0 Å². The second-order valence-corrected chi connectivity index (χ2v) is 4.83. The first-order valence-corrected chi connectivity index (χ1v) is 6.35. The molecule has 0 aliphatic heterocycles. The lowest BCUT2D eigenvalue weighted by molar-refractivity contribution is 0.0695. The molecular formula is C15H12FNO3. The van der Waals surface area contributed by atoms with E-state index in [0.717, 1.165) is 30.5 Å². The highest BCUT2D eigenvalue weighted by atomic mass is 19.1. The minimum absolute atomic E-state index is 0.266. The minimum Gasteiger partial charge on any atom is -0.477 e. The number of nitrogens with one attached hydrogen (secondary N) is 1. The molecule has 0 saturated heterocycles. The van der Waals surface area contributed by atoms with Crippen LogP contribution < -0.4 is 5.56 Å². The van der Waals surface area contributed by atoms with Gasteiger partial charge in [-0.05, 0) is 42.5 Å². The Labute approximate surface area is 113 Å². The van der Waals surface area contributed by atoms with Crippen molar-refractivity contribution < 1.29 is 14.3 Å². The lowest BCUT2D eigenvalue weighted by Gasteiger charge is -2.12. The van der Waals surface area contributed by atoms with Crippen LogP contribution in [0.15, 0.2) is 29.1 Å². The van der Waals surface area contributed by atoms with Gasteiger partial charge in [-0.15, -0.1) is 0 Å². The van der Waals surface area contributed by atoms with E-state index in [0.29, 0.717) is 11.1 Å². The van der Waals surface area contributed by atoms with Crippen molar-refractivity contribution in [2.45, 2.75) is 19.3 Å². The number of benzene rings is 1. The summed E-state index contributed by atoms with van der Waals surface area (Å²) >= 11 is 0. The van der Waals surface area contributed by atoms with Crippen LogP contribution in [0.5, 0.6) is 0 Å². The van der Waals surface area contributed by atoms with E-state index in [9.17, 15) is 19.1 Å². The van der Waals surface area contributed by atoms with Gasteiger partial charge in [-0.1, -0.05) is 12.1 Å². The first kappa shape index (κ1) is 12.6. The fraction of sp³-hybridized carbons (Fsp3) is 0.200. The van der Waals surface area contributed by atoms with Gasteiger partial charge in [0.25, 0.3) is 5.56 Å². The van der Waals surface area contributed by atoms with E-state index in [1.54, 1.807) is 0 Å². The zero-order chi connectivity index (χ0) is 14.3. The van der Waals surface area contributed by atoms with Crippen LogP contribution >= 0.6 is 0 Å². The highest BCUT2D eigenvalue weighted by Gasteiger charge is 2.25. The number of H-pyrrole nitrogens is 1. The first-order valence-electron chi connectivity index (χ1n) is 6.35. The van der Waals surface area contributed by atoms with Gasteiger partial charge in [0.05, 0.1) is 0 Å². The van der Waals surface area contributed by atoms with Crippen LogP contribution in [0, 0.1) is 5.82 Å². The number of carboxylic acids is 1. The number of aryl methyl sites for hydroxylation is 1. The maximum atomic E-state index is 13.0. The number of hydrogen-bond acceptors (Lipinski definition) is 2. The molecule has 0 amide bonds. The van der Waals surface area contributed by atoms with Crippen molar-refractivity contribution in [3.63, 3.8) is 0 Å². The van der Waals surface area contributed by atoms with E-state index in [1.807, 2.05) is 0 Å². The van der Waals surface area contributed by atoms with Crippen LogP contribution in [0.2, 0.25) is 0 Å². The molecule has 5 heteroatoms. The third-order valence-corrected chi connectivity index (χ3v) is 3.61. The monoisotopic (exact) mass is 273 g/mol. The molecule has 2 aromatic rings. The van der Waals surface area contributed by atoms with Gasteiger partial charge in [0, 0.05) is 11.3 Å². The number of aromatic nitrogens is 1. The molecule has 20 heavy (non-hydrogen) atoms. The number of pyridine rings is 1. The predicted molar refractivity (Wildman–Crippen MR) is 71.4 cm³/mol. The standard InChI is InChI=1S/C15H12FNO3/c16-9-6-4-8(5-7-9)12-10-2-1-3-11(10)17-14(18)13(12)15(19)20/h4-7H,1-3H2,(H,17,18)(H,19,20). The quantitative estimate of drug-likeness (QED) is 0.882. The van der Waals surface area contributed by atoms with E-state index in [1.165, 1.54) is 24.3 Å². The van der Waals surface area contributed by atoms with Gasteiger partial charge in [0.1, 0.15) is 11.4 Å². The fourth-order valence-corrected chi connectivity index (χ4v) is 2.76. The summed E-state index contributed by atoms with van der Waals surface area (Å²) in [5.41, 5.74) is 1.77. The van der Waals surface area contributed by atoms with Gasteiger partial charge in [-0.3, -0.25) is 4.79 Å². The number of fused-ring (bicyclic) bond motifs is 1. The van der Waals surface area contributed by atoms with E-state index in [4.69, 9.17) is 0 Å². The van der Waals surface area contributed by atoms with Crippen LogP contribution in [-0.4, -0.2) is 16.1 Å². The van der Waals surface area contributed by atoms with Gasteiger partial charge in [0.15, 0.2) is 0 Å². The normalized spacial score (nSPS) is 13.2. The van der Waals surface area contributed by atoms with Crippen LogP contribution in [0.25, 0.3) is 11.1 Å². The highest BCUT2D eigenvalue weighted by molar-refractivity contribution is 5.97. The van der Waals surface area contributed by atoms with Gasteiger partial charge >= 0.3 is 5.97 Å². The number of carbonyl (C=O) groups is 1. The second-order valence-electron chi connectivity index (χ2n) is 4.83. The van der Waals surface area contributed by atoms with E-state index in [-0.39, 0.29) is 5.56 Å². The molecule has 1 heterocycles. The molecule has 0 saturated carbocycles. The fourth-order valence-electron chi connectivity index (χ4n) is 2.76. The van der Waals surface area contributed by atoms with Crippen molar-refractivity contribution in [3.8, 4) is 11.1 Å². The molecule has 0 unspecified atom stereocenters. The molecule has 4 nitrogen and oxygen atoms in total. The van der Waals surface area contributed by atoms with Crippen molar-refractivity contribution in [1.29, 1.82) is 0 Å². The lowest BCUT2D eigenvalue weighted by atomic mass is 9.95. The lowest BCUT2D eigenvalue weighted by Crippen LogP contribution is -2.21. The van der Waals surface area contributed by atoms with Crippen LogP contribution in [0.4, 0.5) is 4.39 Å². The summed E-state index contributed by atoms with van der Waals surface area (Å²) in [6.45, 7) is 0. The van der Waals surface area contributed by atoms with Crippen LogP contribution in [0.3, 0.4) is 0 Å². The molecule has 1 aromatic carbocycles. The summed E-state index contributed by atoms with van der Waals surface area (Å²) in [7, 11) is 0. The van der Waals surface area contributed by atoms with E-state index < -0.39 is 17.3 Å². The largest absolute Gasteiger partial charge is 0.477 e. The average molecular weight is 273 g/mol.